The molecular formula is C24H28F2N4O3. The smallest absolute Gasteiger partial charge is 0.413 e. The minimum absolute atomic E-state index is 0.0865. The topological polar surface area (TPSA) is 86.1 Å². The largest absolute Gasteiger partial charge is 0.444 e. The van der Waals surface area contributed by atoms with Gasteiger partial charge in [0.1, 0.15) is 29.1 Å². The average Bonchev–Trinajstić information content (AvgIpc) is 3.05. The number of Topliss-reactive ketones (excluding diaryl/α,β-unsaturated/α-hetero) is 1. The number of benzene rings is 1. The summed E-state index contributed by atoms with van der Waals surface area (Å²) in [5.74, 6) is -1.22. The molecule has 3 rings (SSSR count). The second-order valence-corrected chi connectivity index (χ2v) is 8.81. The molecule has 1 aromatic carbocycles. The maximum absolute atomic E-state index is 13.7. The molecule has 176 valence electrons. The zero-order chi connectivity index (χ0) is 24.3. The highest BCUT2D eigenvalue weighted by atomic mass is 19.3. The first-order chi connectivity index (χ1) is 15.5. The lowest BCUT2D eigenvalue weighted by Gasteiger charge is -2.19. The molecule has 2 aromatic heterocycles. The summed E-state index contributed by atoms with van der Waals surface area (Å²) in [5.41, 5.74) is 1.18. The molecule has 0 aliphatic carbocycles. The van der Waals surface area contributed by atoms with Gasteiger partial charge in [-0.1, -0.05) is 43.2 Å². The van der Waals surface area contributed by atoms with E-state index in [9.17, 15) is 18.4 Å². The van der Waals surface area contributed by atoms with Gasteiger partial charge in [0, 0.05) is 12.1 Å². The monoisotopic (exact) mass is 458 g/mol. The standard InChI is InChI=1S/C24H28F2N4O3/c1-6-7-12-30-18(19(31)20(25)26)16(15-10-8-14(2)9-11-15)17-21(27-13-28-22(17)30)29-23(32)33-24(3,4)5/h8-11,13,20H,6-7,12H2,1-5H3,(H,27,28,29,32). The molecule has 1 N–H and O–H groups in total. The number of hydrogen-bond donors (Lipinski definition) is 1. The van der Waals surface area contributed by atoms with Crippen LogP contribution in [-0.4, -0.2) is 38.4 Å². The van der Waals surface area contributed by atoms with Crippen molar-refractivity contribution in [2.24, 2.45) is 0 Å². The third-order valence-corrected chi connectivity index (χ3v) is 4.97. The van der Waals surface area contributed by atoms with Crippen molar-refractivity contribution in [2.45, 2.75) is 66.0 Å². The lowest BCUT2D eigenvalue weighted by atomic mass is 9.99. The Morgan fingerprint density at radius 1 is 1.15 bits per heavy atom. The van der Waals surface area contributed by atoms with E-state index >= 15 is 0 Å². The van der Waals surface area contributed by atoms with Gasteiger partial charge in [0.05, 0.1) is 5.39 Å². The van der Waals surface area contributed by atoms with E-state index in [1.165, 1.54) is 10.9 Å². The van der Waals surface area contributed by atoms with Crippen LogP contribution in [0.3, 0.4) is 0 Å². The second kappa shape index (κ2) is 9.64. The van der Waals surface area contributed by atoms with Crippen molar-refractivity contribution in [2.75, 3.05) is 5.32 Å². The van der Waals surface area contributed by atoms with Gasteiger partial charge in [0.25, 0.3) is 0 Å². The number of nitrogens with zero attached hydrogens (tertiary/aromatic N) is 3. The zero-order valence-electron chi connectivity index (χ0n) is 19.4. The normalized spacial score (nSPS) is 11.8. The van der Waals surface area contributed by atoms with E-state index in [0.717, 1.165) is 12.0 Å². The Balaban J connectivity index is 2.33. The van der Waals surface area contributed by atoms with Crippen LogP contribution in [0.2, 0.25) is 0 Å². The first-order valence-electron chi connectivity index (χ1n) is 10.8. The number of nitrogens with one attached hydrogen (secondary N) is 1. The summed E-state index contributed by atoms with van der Waals surface area (Å²) >= 11 is 0. The number of unbranched alkanes of at least 4 members (excludes halogenated alkanes) is 1. The van der Waals surface area contributed by atoms with Crippen LogP contribution in [0.4, 0.5) is 19.4 Å². The minimum atomic E-state index is -3.20. The minimum Gasteiger partial charge on any atom is -0.444 e. The molecule has 0 aliphatic heterocycles. The highest BCUT2D eigenvalue weighted by Crippen LogP contribution is 2.39. The van der Waals surface area contributed by atoms with Crippen molar-refractivity contribution in [3.8, 4) is 11.1 Å². The average molecular weight is 459 g/mol. The number of hydrogen-bond acceptors (Lipinski definition) is 5. The predicted octanol–water partition coefficient (Wildman–Crippen LogP) is 6.00. The van der Waals surface area contributed by atoms with E-state index in [-0.39, 0.29) is 17.1 Å². The van der Waals surface area contributed by atoms with E-state index in [1.807, 2.05) is 26.0 Å². The van der Waals surface area contributed by atoms with E-state index in [1.54, 1.807) is 32.9 Å². The summed E-state index contributed by atoms with van der Waals surface area (Å²) in [6.45, 7) is 9.35. The molecule has 0 radical (unpaired) electrons. The fraction of sp³-hybridized carbons (Fsp3) is 0.417. The molecule has 0 unspecified atom stereocenters. The SMILES string of the molecule is CCCCn1c(C(=O)C(F)F)c(-c2ccc(C)cc2)c2c(NC(=O)OC(C)(C)C)ncnc21. The number of rotatable bonds is 7. The van der Waals surface area contributed by atoms with Gasteiger partial charge in [-0.2, -0.15) is 0 Å². The van der Waals surface area contributed by atoms with Crippen LogP contribution < -0.4 is 5.32 Å². The van der Waals surface area contributed by atoms with Gasteiger partial charge in [-0.25, -0.2) is 23.5 Å². The van der Waals surface area contributed by atoms with Crippen molar-refractivity contribution in [3.63, 3.8) is 0 Å². The third-order valence-electron chi connectivity index (χ3n) is 4.97. The lowest BCUT2D eigenvalue weighted by Crippen LogP contribution is -2.27. The van der Waals surface area contributed by atoms with E-state index in [4.69, 9.17) is 4.74 Å². The summed E-state index contributed by atoms with van der Waals surface area (Å²) in [5, 5.41) is 2.92. The zero-order valence-corrected chi connectivity index (χ0v) is 19.4. The van der Waals surface area contributed by atoms with Crippen LogP contribution in [0.5, 0.6) is 0 Å². The van der Waals surface area contributed by atoms with Gasteiger partial charge in [-0.3, -0.25) is 10.1 Å². The molecule has 0 bridgehead atoms. The van der Waals surface area contributed by atoms with Gasteiger partial charge in [0.15, 0.2) is 0 Å². The first-order valence-corrected chi connectivity index (χ1v) is 10.8. The number of carbonyl (C=O) groups is 2. The molecule has 0 atom stereocenters. The molecule has 0 aliphatic rings. The maximum Gasteiger partial charge on any atom is 0.413 e. The summed E-state index contributed by atoms with van der Waals surface area (Å²) in [7, 11) is 0. The number of aromatic nitrogens is 3. The van der Waals surface area contributed by atoms with Crippen LogP contribution in [0, 0.1) is 6.92 Å². The summed E-state index contributed by atoms with van der Waals surface area (Å²) in [6.07, 6.45) is -1.28. The van der Waals surface area contributed by atoms with E-state index in [2.05, 4.69) is 15.3 Å². The van der Waals surface area contributed by atoms with Gasteiger partial charge in [-0.15, -0.1) is 0 Å². The van der Waals surface area contributed by atoms with Gasteiger partial charge < -0.3 is 9.30 Å². The number of anilines is 1. The van der Waals surface area contributed by atoms with Crippen molar-refractivity contribution in [1.82, 2.24) is 14.5 Å². The number of ether oxygens (including phenoxy) is 1. The van der Waals surface area contributed by atoms with Crippen LogP contribution >= 0.6 is 0 Å². The highest BCUT2D eigenvalue weighted by Gasteiger charge is 2.31. The Morgan fingerprint density at radius 2 is 1.82 bits per heavy atom. The molecule has 2 heterocycles. The van der Waals surface area contributed by atoms with Crippen molar-refractivity contribution < 1.29 is 23.1 Å². The molecule has 0 saturated heterocycles. The molecule has 3 aromatic rings. The summed E-state index contributed by atoms with van der Waals surface area (Å²) in [4.78, 5) is 33.7. The molecule has 0 fully saturated rings. The van der Waals surface area contributed by atoms with Crippen molar-refractivity contribution >= 4 is 28.7 Å². The lowest BCUT2D eigenvalue weighted by molar-refractivity contribution is 0.0635. The molecule has 33 heavy (non-hydrogen) atoms. The number of ketones is 1. The number of carbonyl (C=O) groups excluding carboxylic acids is 2. The number of amides is 1. The molecule has 0 spiro atoms. The van der Waals surface area contributed by atoms with Crippen LogP contribution in [0.1, 0.15) is 56.6 Å². The van der Waals surface area contributed by atoms with Crippen LogP contribution in [-0.2, 0) is 11.3 Å². The number of aryl methyl sites for hydroxylation is 2. The number of halogens is 2. The predicted molar refractivity (Wildman–Crippen MR) is 123 cm³/mol. The van der Waals surface area contributed by atoms with Crippen molar-refractivity contribution in [3.05, 3.63) is 41.9 Å². The third kappa shape index (κ3) is 5.35. The Kier molecular flexibility index (Phi) is 7.09. The van der Waals surface area contributed by atoms with E-state index in [0.29, 0.717) is 29.6 Å². The summed E-state index contributed by atoms with van der Waals surface area (Å²) < 4.78 is 34.3. The van der Waals surface area contributed by atoms with Gasteiger partial charge >= 0.3 is 12.5 Å². The highest BCUT2D eigenvalue weighted by molar-refractivity contribution is 6.15. The number of fused-ring (bicyclic) bond motifs is 1. The molecule has 9 heteroatoms. The fourth-order valence-electron chi connectivity index (χ4n) is 3.56. The first kappa shape index (κ1) is 24.3. The Morgan fingerprint density at radius 3 is 2.39 bits per heavy atom. The molecule has 0 saturated carbocycles. The van der Waals surface area contributed by atoms with Gasteiger partial charge in [-0.05, 0) is 39.7 Å². The van der Waals surface area contributed by atoms with Crippen LogP contribution in [0.15, 0.2) is 30.6 Å². The molecule has 1 amide bonds. The van der Waals surface area contributed by atoms with Gasteiger partial charge in [0.2, 0.25) is 5.78 Å². The molecular weight excluding hydrogens is 430 g/mol. The Labute approximate surface area is 191 Å². The Bertz CT molecular complexity index is 1170. The second-order valence-electron chi connectivity index (χ2n) is 8.81. The van der Waals surface area contributed by atoms with E-state index < -0.39 is 23.9 Å². The maximum atomic E-state index is 13.7. The quantitative estimate of drug-likeness (QED) is 0.439. The molecule has 7 nitrogen and oxygen atoms in total. The van der Waals surface area contributed by atoms with Crippen molar-refractivity contribution in [1.29, 1.82) is 0 Å². The summed E-state index contributed by atoms with van der Waals surface area (Å²) in [6, 6.07) is 7.15. The number of alkyl halides is 2. The van der Waals surface area contributed by atoms with Crippen LogP contribution in [0.25, 0.3) is 22.2 Å². The fourth-order valence-corrected chi connectivity index (χ4v) is 3.56. The Hall–Kier alpha value is -3.36.